The molecule has 1 heterocycles. The zero-order chi connectivity index (χ0) is 4.43. The van der Waals surface area contributed by atoms with Gasteiger partial charge in [0.2, 0.25) is 0 Å². The molecule has 3 rings (SSSR count). The monoisotopic (exact) mass is 95.1 g/mol. The molecule has 0 spiro atoms. The highest BCUT2D eigenvalue weighted by Gasteiger charge is 2.61. The van der Waals surface area contributed by atoms with Gasteiger partial charge in [-0.2, -0.15) is 0 Å². The van der Waals surface area contributed by atoms with Crippen molar-refractivity contribution in [1.29, 1.82) is 0 Å². The van der Waals surface area contributed by atoms with Crippen LogP contribution < -0.4 is 5.32 Å². The lowest BCUT2D eigenvalue weighted by molar-refractivity contribution is 0.714. The molecule has 38 valence electrons. The van der Waals surface area contributed by atoms with Gasteiger partial charge in [0.15, 0.2) is 0 Å². The van der Waals surface area contributed by atoms with E-state index in [1.807, 2.05) is 0 Å². The lowest BCUT2D eigenvalue weighted by Crippen LogP contribution is -2.15. The van der Waals surface area contributed by atoms with Crippen molar-refractivity contribution in [3.63, 3.8) is 0 Å². The Kier molecular flexibility index (Phi) is 0.288. The van der Waals surface area contributed by atoms with E-state index in [0.717, 1.165) is 23.9 Å². The third-order valence-corrected chi connectivity index (χ3v) is 2.66. The van der Waals surface area contributed by atoms with E-state index in [1.165, 1.54) is 12.8 Å². The van der Waals surface area contributed by atoms with Crippen molar-refractivity contribution in [2.45, 2.75) is 24.9 Å². The molecule has 4 unspecified atom stereocenters. The van der Waals surface area contributed by atoms with E-state index >= 15 is 0 Å². The van der Waals surface area contributed by atoms with E-state index in [0.29, 0.717) is 0 Å². The zero-order valence-electron chi connectivity index (χ0n) is 4.22. The molecule has 1 aliphatic heterocycles. The largest absolute Gasteiger partial charge is 0.311 e. The highest BCUT2D eigenvalue weighted by atomic mass is 15.1. The summed E-state index contributed by atoms with van der Waals surface area (Å²) < 4.78 is 0. The molecule has 0 bridgehead atoms. The van der Waals surface area contributed by atoms with Gasteiger partial charge in [-0.3, -0.25) is 0 Å². The molecular formula is C6H9N. The summed E-state index contributed by atoms with van der Waals surface area (Å²) in [6.07, 6.45) is 3.00. The van der Waals surface area contributed by atoms with Gasteiger partial charge in [0.05, 0.1) is 0 Å². The summed E-state index contributed by atoms with van der Waals surface area (Å²) in [5.41, 5.74) is 0. The first-order chi connectivity index (χ1) is 3.45. The molecule has 0 aromatic heterocycles. The highest BCUT2D eigenvalue weighted by molar-refractivity contribution is 5.17. The average molecular weight is 95.1 g/mol. The van der Waals surface area contributed by atoms with Gasteiger partial charge in [-0.25, -0.2) is 0 Å². The van der Waals surface area contributed by atoms with Crippen LogP contribution in [0, 0.1) is 11.8 Å². The van der Waals surface area contributed by atoms with Crippen LogP contribution in [0.2, 0.25) is 0 Å². The minimum atomic E-state index is 0.990. The summed E-state index contributed by atoms with van der Waals surface area (Å²) in [5, 5.41) is 3.56. The van der Waals surface area contributed by atoms with Crippen molar-refractivity contribution < 1.29 is 0 Å². The fourth-order valence-corrected chi connectivity index (χ4v) is 2.03. The lowest BCUT2D eigenvalue weighted by atomic mass is 10.3. The molecule has 0 aromatic carbocycles. The quantitative estimate of drug-likeness (QED) is 0.458. The highest BCUT2D eigenvalue weighted by Crippen LogP contribution is 2.56. The van der Waals surface area contributed by atoms with Crippen molar-refractivity contribution in [2.75, 3.05) is 0 Å². The van der Waals surface area contributed by atoms with Crippen LogP contribution in [0.3, 0.4) is 0 Å². The Morgan fingerprint density at radius 1 is 1.00 bits per heavy atom. The SMILES string of the molecule is C1C2NC3CC3C12. The maximum Gasteiger partial charge on any atom is 0.0105 e. The van der Waals surface area contributed by atoms with Gasteiger partial charge in [0, 0.05) is 12.1 Å². The Morgan fingerprint density at radius 3 is 1.86 bits per heavy atom. The van der Waals surface area contributed by atoms with Crippen LogP contribution in [-0.2, 0) is 0 Å². The molecule has 0 amide bonds. The first-order valence-corrected chi connectivity index (χ1v) is 3.21. The molecule has 1 saturated heterocycles. The molecule has 2 aliphatic carbocycles. The molecular weight excluding hydrogens is 86.1 g/mol. The van der Waals surface area contributed by atoms with E-state index in [1.54, 1.807) is 0 Å². The Morgan fingerprint density at radius 2 is 1.57 bits per heavy atom. The van der Waals surface area contributed by atoms with Gasteiger partial charge < -0.3 is 5.32 Å². The third-order valence-electron chi connectivity index (χ3n) is 2.66. The van der Waals surface area contributed by atoms with Crippen LogP contribution >= 0.6 is 0 Å². The van der Waals surface area contributed by atoms with Crippen LogP contribution in [-0.4, -0.2) is 12.1 Å². The van der Waals surface area contributed by atoms with Crippen molar-refractivity contribution in [1.82, 2.24) is 5.32 Å². The molecule has 7 heavy (non-hydrogen) atoms. The minimum absolute atomic E-state index is 0.990. The predicted molar refractivity (Wildman–Crippen MR) is 26.9 cm³/mol. The Balaban J connectivity index is 2.02. The molecule has 3 aliphatic rings. The third kappa shape index (κ3) is 0.235. The summed E-state index contributed by atoms with van der Waals surface area (Å²) >= 11 is 0. The number of hydrogen-bond donors (Lipinski definition) is 1. The van der Waals surface area contributed by atoms with E-state index in [4.69, 9.17) is 0 Å². The number of nitrogens with one attached hydrogen (secondary N) is 1. The van der Waals surface area contributed by atoms with Gasteiger partial charge in [-0.1, -0.05) is 0 Å². The summed E-state index contributed by atoms with van der Waals surface area (Å²) in [4.78, 5) is 0. The topological polar surface area (TPSA) is 12.0 Å². The molecule has 0 radical (unpaired) electrons. The Bertz CT molecular complexity index is 107. The molecule has 1 heteroatoms. The number of rotatable bonds is 0. The fourth-order valence-electron chi connectivity index (χ4n) is 2.03. The summed E-state index contributed by atoms with van der Waals surface area (Å²) in [7, 11) is 0. The van der Waals surface area contributed by atoms with Crippen molar-refractivity contribution in [2.24, 2.45) is 11.8 Å². The molecule has 1 N–H and O–H groups in total. The smallest absolute Gasteiger partial charge is 0.0105 e. The normalized spacial score (nSPS) is 72.0. The molecule has 4 atom stereocenters. The van der Waals surface area contributed by atoms with Crippen molar-refractivity contribution in [3.8, 4) is 0 Å². The van der Waals surface area contributed by atoms with Gasteiger partial charge in [-0.15, -0.1) is 0 Å². The first-order valence-electron chi connectivity index (χ1n) is 3.21. The Hall–Kier alpha value is -0.0400. The molecule has 0 aromatic rings. The summed E-state index contributed by atoms with van der Waals surface area (Å²) in [6, 6.07) is 1.98. The maximum atomic E-state index is 3.56. The maximum absolute atomic E-state index is 3.56. The second-order valence-corrected chi connectivity index (χ2v) is 3.18. The van der Waals surface area contributed by atoms with E-state index in [-0.39, 0.29) is 0 Å². The summed E-state index contributed by atoms with van der Waals surface area (Å²) in [5.74, 6) is 2.29. The fraction of sp³-hybridized carbons (Fsp3) is 1.00. The zero-order valence-corrected chi connectivity index (χ0v) is 4.22. The van der Waals surface area contributed by atoms with Gasteiger partial charge in [0.25, 0.3) is 0 Å². The van der Waals surface area contributed by atoms with E-state index in [2.05, 4.69) is 5.32 Å². The number of piperidine rings is 2. The van der Waals surface area contributed by atoms with Gasteiger partial charge >= 0.3 is 0 Å². The lowest BCUT2D eigenvalue weighted by Gasteiger charge is -1.89. The van der Waals surface area contributed by atoms with Crippen LogP contribution in [0.4, 0.5) is 0 Å². The van der Waals surface area contributed by atoms with Crippen LogP contribution in [0.5, 0.6) is 0 Å². The minimum Gasteiger partial charge on any atom is -0.311 e. The first kappa shape index (κ1) is 3.08. The van der Waals surface area contributed by atoms with Gasteiger partial charge in [-0.05, 0) is 24.7 Å². The van der Waals surface area contributed by atoms with Crippen LogP contribution in [0.15, 0.2) is 0 Å². The molecule has 3 fully saturated rings. The van der Waals surface area contributed by atoms with Gasteiger partial charge in [0.1, 0.15) is 0 Å². The standard InChI is InChI=1S/C6H9N/c1-3-4-2-6(4)7-5(1)3/h3-7H,1-2H2. The van der Waals surface area contributed by atoms with E-state index < -0.39 is 0 Å². The van der Waals surface area contributed by atoms with Crippen molar-refractivity contribution >= 4 is 0 Å². The molecule has 2 saturated carbocycles. The molecule has 1 nitrogen and oxygen atoms in total. The predicted octanol–water partition coefficient (Wildman–Crippen LogP) is 0.367. The second-order valence-electron chi connectivity index (χ2n) is 3.18. The van der Waals surface area contributed by atoms with Crippen LogP contribution in [0.1, 0.15) is 12.8 Å². The van der Waals surface area contributed by atoms with Crippen molar-refractivity contribution in [3.05, 3.63) is 0 Å². The van der Waals surface area contributed by atoms with Crippen LogP contribution in [0.25, 0.3) is 0 Å². The second kappa shape index (κ2) is 0.655. The number of hydrogen-bond acceptors (Lipinski definition) is 1. The Labute approximate surface area is 43.1 Å². The van der Waals surface area contributed by atoms with E-state index in [9.17, 15) is 0 Å². The average Bonchev–Trinajstić information content (AvgIpc) is 2.47. The summed E-state index contributed by atoms with van der Waals surface area (Å²) in [6.45, 7) is 0. The number of fused-ring (bicyclic) bond motifs is 3.